The van der Waals surface area contributed by atoms with Gasteiger partial charge in [-0.15, -0.1) is 5.10 Å². The Hall–Kier alpha value is -3.17. The van der Waals surface area contributed by atoms with Gasteiger partial charge in [-0.1, -0.05) is 0 Å². The van der Waals surface area contributed by atoms with E-state index in [0.29, 0.717) is 37.5 Å². The van der Waals surface area contributed by atoms with E-state index in [2.05, 4.69) is 10.1 Å². The van der Waals surface area contributed by atoms with Crippen LogP contribution in [0.15, 0.2) is 35.1 Å². The molecular formula is C22H18B4F2N4O4. The minimum absolute atomic E-state index is 0.0800. The molecule has 1 fully saturated rings. The highest BCUT2D eigenvalue weighted by atomic mass is 19.3. The second kappa shape index (κ2) is 8.74. The third-order valence-electron chi connectivity index (χ3n) is 6.19. The van der Waals surface area contributed by atoms with E-state index in [9.17, 15) is 13.6 Å². The van der Waals surface area contributed by atoms with Gasteiger partial charge >= 0.3 is 0 Å². The maximum Gasteiger partial charge on any atom is 0.280 e. The van der Waals surface area contributed by atoms with Crippen LogP contribution in [0.5, 0.6) is 17.2 Å². The molecular weight excluding hydrogens is 466 g/mol. The van der Waals surface area contributed by atoms with Crippen LogP contribution < -0.4 is 24.7 Å². The summed E-state index contributed by atoms with van der Waals surface area (Å²) in [4.78, 5) is 18.2. The van der Waals surface area contributed by atoms with Crippen molar-refractivity contribution in [2.75, 3.05) is 18.0 Å². The van der Waals surface area contributed by atoms with Crippen LogP contribution in [0, 0.1) is 6.92 Å². The van der Waals surface area contributed by atoms with Gasteiger partial charge in [0, 0.05) is 48.9 Å². The molecule has 14 heteroatoms. The summed E-state index contributed by atoms with van der Waals surface area (Å²) in [6, 6.07) is 7.30. The Labute approximate surface area is 210 Å². The number of piperidine rings is 1. The lowest BCUT2D eigenvalue weighted by Gasteiger charge is -2.48. The van der Waals surface area contributed by atoms with Gasteiger partial charge in [0.05, 0.1) is 0 Å². The smallest absolute Gasteiger partial charge is 0.280 e. The molecule has 2 aromatic heterocycles. The second-order valence-corrected chi connectivity index (χ2v) is 8.94. The van der Waals surface area contributed by atoms with E-state index in [1.165, 1.54) is 0 Å². The first-order valence-electron chi connectivity index (χ1n) is 11.2. The molecule has 0 atom stereocenters. The van der Waals surface area contributed by atoms with E-state index >= 15 is 0 Å². The van der Waals surface area contributed by atoms with Gasteiger partial charge in [-0.25, -0.2) is 13.8 Å². The average molecular weight is 484 g/mol. The quantitative estimate of drug-likeness (QED) is 0.515. The number of alkyl halides is 2. The molecule has 0 bridgehead atoms. The molecule has 0 amide bonds. The summed E-state index contributed by atoms with van der Waals surface area (Å²) in [5, 5.41) is 0.545. The van der Waals surface area contributed by atoms with E-state index in [4.69, 9.17) is 45.6 Å². The molecule has 8 nitrogen and oxygen atoms in total. The fourth-order valence-electron chi connectivity index (χ4n) is 4.19. The van der Waals surface area contributed by atoms with Crippen LogP contribution in [0.25, 0.3) is 5.65 Å². The fraction of sp³-hybridized carbons (Fsp3) is 0.409. The second-order valence-electron chi connectivity index (χ2n) is 8.94. The van der Waals surface area contributed by atoms with E-state index in [1.807, 2.05) is 4.90 Å². The maximum absolute atomic E-state index is 13.0. The number of rotatable bonds is 4. The van der Waals surface area contributed by atoms with Crippen LogP contribution in [0.2, 0.25) is 0 Å². The highest BCUT2D eigenvalue weighted by molar-refractivity contribution is 6.53. The van der Waals surface area contributed by atoms with Gasteiger partial charge in [0.1, 0.15) is 48.9 Å². The Balaban J connectivity index is 1.28. The van der Waals surface area contributed by atoms with Crippen molar-refractivity contribution < 1.29 is 23.0 Å². The molecule has 1 aromatic carbocycles. The molecule has 3 aromatic rings. The van der Waals surface area contributed by atoms with Gasteiger partial charge in [-0.2, -0.15) is 4.52 Å². The van der Waals surface area contributed by atoms with Crippen LogP contribution in [0.1, 0.15) is 30.5 Å². The third-order valence-corrected chi connectivity index (χ3v) is 6.19. The molecule has 1 saturated heterocycles. The van der Waals surface area contributed by atoms with Crippen molar-refractivity contribution >= 4 is 42.9 Å². The first-order valence-corrected chi connectivity index (χ1v) is 11.2. The van der Waals surface area contributed by atoms with Gasteiger partial charge < -0.3 is 19.1 Å². The number of aromatic nitrogens is 3. The molecule has 176 valence electrons. The molecule has 0 N–H and O–H groups in total. The van der Waals surface area contributed by atoms with Crippen LogP contribution in [-0.2, 0) is 0 Å². The Bertz CT molecular complexity index is 1380. The summed E-state index contributed by atoms with van der Waals surface area (Å²) in [5.41, 5.74) is -0.423. The molecule has 0 aliphatic carbocycles. The van der Waals surface area contributed by atoms with E-state index in [1.54, 1.807) is 31.2 Å². The van der Waals surface area contributed by atoms with Gasteiger partial charge in [0.15, 0.2) is 23.0 Å². The largest absolute Gasteiger partial charge is 0.501 e. The number of benzene rings is 1. The minimum atomic E-state index is -2.83. The van der Waals surface area contributed by atoms with E-state index < -0.39 is 28.5 Å². The number of ether oxygens (including phenoxy) is 3. The summed E-state index contributed by atoms with van der Waals surface area (Å²) in [5.74, 6) is 1.66. The molecule has 2 aliphatic heterocycles. The van der Waals surface area contributed by atoms with Gasteiger partial charge in [-0.05, 0) is 30.7 Å². The minimum Gasteiger partial charge on any atom is -0.501 e. The summed E-state index contributed by atoms with van der Waals surface area (Å²) in [6.45, 7) is 3.00. The lowest BCUT2D eigenvalue weighted by Crippen LogP contribution is -2.65. The van der Waals surface area contributed by atoms with Gasteiger partial charge in [0.2, 0.25) is 0 Å². The third kappa shape index (κ3) is 4.41. The normalized spacial score (nSPS) is 18.9. The predicted octanol–water partition coefficient (Wildman–Crippen LogP) is 1.14. The van der Waals surface area contributed by atoms with Crippen molar-refractivity contribution in [1.29, 1.82) is 0 Å². The molecule has 36 heavy (non-hydrogen) atoms. The molecule has 0 unspecified atom stereocenters. The Morgan fingerprint density at radius 2 is 1.72 bits per heavy atom. The van der Waals surface area contributed by atoms with Crippen molar-refractivity contribution in [3.63, 3.8) is 0 Å². The Morgan fingerprint density at radius 3 is 2.39 bits per heavy atom. The summed E-state index contributed by atoms with van der Waals surface area (Å²) in [6.07, 6.45) is -1.61. The Kier molecular flexibility index (Phi) is 5.95. The number of halogens is 2. The molecule has 0 spiro atoms. The van der Waals surface area contributed by atoms with Crippen molar-refractivity contribution in [2.45, 2.75) is 43.1 Å². The van der Waals surface area contributed by atoms with Crippen LogP contribution in [-0.4, -0.2) is 76.0 Å². The summed E-state index contributed by atoms with van der Waals surface area (Å²) in [7, 11) is 23.2. The summed E-state index contributed by atoms with van der Waals surface area (Å²) >= 11 is 0. The zero-order chi connectivity index (χ0) is 25.8. The predicted molar refractivity (Wildman–Crippen MR) is 131 cm³/mol. The molecule has 8 radical (unpaired) electrons. The average Bonchev–Trinajstić information content (AvgIpc) is 2.80. The number of anilines is 1. The molecule has 4 heterocycles. The first-order chi connectivity index (χ1) is 16.9. The monoisotopic (exact) mass is 484 g/mol. The number of fused-ring (bicyclic) bond motifs is 2. The fourth-order valence-corrected chi connectivity index (χ4v) is 4.19. The van der Waals surface area contributed by atoms with Crippen molar-refractivity contribution in [3.8, 4) is 17.2 Å². The van der Waals surface area contributed by atoms with Crippen LogP contribution in [0.4, 0.5) is 14.6 Å². The summed E-state index contributed by atoms with van der Waals surface area (Å²) < 4.78 is 44.1. The Morgan fingerprint density at radius 1 is 1.06 bits per heavy atom. The van der Waals surface area contributed by atoms with Gasteiger partial charge in [0.25, 0.3) is 12.0 Å². The zero-order valence-corrected chi connectivity index (χ0v) is 19.4. The van der Waals surface area contributed by atoms with Crippen LogP contribution >= 0.6 is 0 Å². The first kappa shape index (κ1) is 24.5. The van der Waals surface area contributed by atoms with E-state index in [0.717, 1.165) is 16.1 Å². The van der Waals surface area contributed by atoms with Crippen molar-refractivity contribution in [1.82, 2.24) is 14.6 Å². The lowest BCUT2D eigenvalue weighted by molar-refractivity contribution is 0.0609. The SMILES string of the molecule is [B]C1([B])Oc2ccc(OC3CCN(c4nn5c(=O)cc(C(F)F)nc5cc4C)CC3)cc2OC1([B])[B]. The van der Waals surface area contributed by atoms with Crippen molar-refractivity contribution in [3.05, 3.63) is 51.9 Å². The lowest BCUT2D eigenvalue weighted by atomic mass is 9.41. The van der Waals surface area contributed by atoms with Crippen LogP contribution in [0.3, 0.4) is 0 Å². The molecule has 2 aliphatic rings. The number of hydrogen-bond donors (Lipinski definition) is 0. The number of nitrogens with zero attached hydrogens (tertiary/aromatic N) is 4. The molecule has 5 rings (SSSR count). The number of hydrogen-bond acceptors (Lipinski definition) is 7. The highest BCUT2D eigenvalue weighted by Crippen LogP contribution is 2.41. The van der Waals surface area contributed by atoms with E-state index in [-0.39, 0.29) is 23.3 Å². The highest BCUT2D eigenvalue weighted by Gasteiger charge is 2.43. The maximum atomic E-state index is 13.0. The zero-order valence-electron chi connectivity index (χ0n) is 19.4. The standard InChI is InChI=1S/C22H18B4F2N4O4/c1-11-8-17-29-14(19(27)28)10-18(33)32(17)30-20(11)31-6-4-12(5-7-31)34-13-2-3-15-16(9-13)36-22(25,26)21(23,24)35-15/h2-3,8-10,12,19H,4-7H2,1H3. The topological polar surface area (TPSA) is 78.2 Å². The number of aryl methyl sites for hydroxylation is 1. The van der Waals surface area contributed by atoms with Gasteiger partial charge in [-0.3, -0.25) is 4.79 Å². The van der Waals surface area contributed by atoms with Crippen molar-refractivity contribution in [2.24, 2.45) is 0 Å². The molecule has 0 saturated carbocycles.